The van der Waals surface area contributed by atoms with Crippen LogP contribution in [-0.4, -0.2) is 82.2 Å². The molecule has 2 aliphatic rings. The van der Waals surface area contributed by atoms with Crippen LogP contribution in [0.3, 0.4) is 0 Å². The van der Waals surface area contributed by atoms with E-state index in [1.54, 1.807) is 6.92 Å². The minimum Gasteiger partial charge on any atom is -0.342 e. The molecule has 0 aromatic carbocycles. The molecule has 1 aromatic rings. The maximum atomic E-state index is 11.6. The van der Waals surface area contributed by atoms with Crippen molar-refractivity contribution in [1.82, 2.24) is 24.5 Å². The van der Waals surface area contributed by atoms with E-state index in [1.807, 2.05) is 22.8 Å². The van der Waals surface area contributed by atoms with E-state index in [1.165, 1.54) is 31.6 Å². The topological polar surface area (TPSA) is 44.6 Å². The summed E-state index contributed by atoms with van der Waals surface area (Å²) >= 11 is 0. The third kappa shape index (κ3) is 4.82. The van der Waals surface area contributed by atoms with Crippen molar-refractivity contribution < 1.29 is 4.79 Å². The van der Waals surface area contributed by atoms with E-state index >= 15 is 0 Å². The number of carbonyl (C=O) groups excluding carboxylic acids is 1. The fourth-order valence-corrected chi connectivity index (χ4v) is 4.40. The molecule has 2 atom stereocenters. The molecule has 140 valence electrons. The molecule has 6 heteroatoms. The number of amides is 1. The highest BCUT2D eigenvalue weighted by Gasteiger charge is 2.34. The molecule has 3 rings (SSSR count). The van der Waals surface area contributed by atoms with Crippen LogP contribution in [-0.2, 0) is 18.3 Å². The first-order valence-corrected chi connectivity index (χ1v) is 9.72. The lowest BCUT2D eigenvalue weighted by Crippen LogP contribution is -2.43. The molecule has 6 nitrogen and oxygen atoms in total. The Morgan fingerprint density at radius 2 is 2.08 bits per heavy atom. The molecule has 3 heterocycles. The normalized spacial score (nSPS) is 26.1. The molecule has 1 amide bonds. The number of carbonyl (C=O) groups is 1. The average Bonchev–Trinajstić information content (AvgIpc) is 3.04. The van der Waals surface area contributed by atoms with Crippen LogP contribution in [0.15, 0.2) is 12.4 Å². The number of aryl methyl sites for hydroxylation is 2. The first-order chi connectivity index (χ1) is 12.0. The van der Waals surface area contributed by atoms with E-state index in [0.29, 0.717) is 12.0 Å². The first-order valence-electron chi connectivity index (χ1n) is 9.72. The molecule has 25 heavy (non-hydrogen) atoms. The van der Waals surface area contributed by atoms with E-state index in [2.05, 4.69) is 28.0 Å². The molecule has 0 aliphatic carbocycles. The molecule has 0 radical (unpaired) electrons. The Balaban J connectivity index is 1.45. The van der Waals surface area contributed by atoms with Gasteiger partial charge in [0.25, 0.3) is 0 Å². The van der Waals surface area contributed by atoms with Gasteiger partial charge in [-0.15, -0.1) is 0 Å². The van der Waals surface area contributed by atoms with E-state index in [4.69, 9.17) is 0 Å². The second-order valence-electron chi connectivity index (χ2n) is 7.83. The third-order valence-electron chi connectivity index (χ3n) is 5.79. The van der Waals surface area contributed by atoms with Crippen LogP contribution in [0.2, 0.25) is 0 Å². The van der Waals surface area contributed by atoms with Crippen molar-refractivity contribution in [1.29, 1.82) is 0 Å². The molecule has 2 fully saturated rings. The molecule has 0 N–H and O–H groups in total. The number of rotatable bonds is 5. The molecule has 2 unspecified atom stereocenters. The van der Waals surface area contributed by atoms with Gasteiger partial charge in [0.2, 0.25) is 5.91 Å². The zero-order chi connectivity index (χ0) is 17.8. The quantitative estimate of drug-likeness (QED) is 0.804. The average molecular weight is 348 g/mol. The Labute approximate surface area is 151 Å². The highest BCUT2D eigenvalue weighted by molar-refractivity contribution is 5.73. The molecule has 2 saturated heterocycles. The van der Waals surface area contributed by atoms with Gasteiger partial charge in [0.1, 0.15) is 0 Å². The monoisotopic (exact) mass is 347 g/mol. The van der Waals surface area contributed by atoms with Crippen molar-refractivity contribution in [3.05, 3.63) is 18.0 Å². The van der Waals surface area contributed by atoms with Crippen LogP contribution in [0.25, 0.3) is 0 Å². The number of aromatic nitrogens is 2. The summed E-state index contributed by atoms with van der Waals surface area (Å²) in [6, 6.07) is 0.644. The van der Waals surface area contributed by atoms with Crippen LogP contribution >= 0.6 is 0 Å². The fraction of sp³-hybridized carbons (Fsp3) is 0.789. The third-order valence-corrected chi connectivity index (χ3v) is 5.79. The van der Waals surface area contributed by atoms with Crippen LogP contribution in [0.1, 0.15) is 32.3 Å². The lowest BCUT2D eigenvalue weighted by atomic mass is 10.0. The van der Waals surface area contributed by atoms with Gasteiger partial charge in [0.15, 0.2) is 0 Å². The summed E-state index contributed by atoms with van der Waals surface area (Å²) in [6.07, 6.45) is 7.51. The van der Waals surface area contributed by atoms with Gasteiger partial charge in [0.05, 0.1) is 6.20 Å². The number of hydrogen-bond acceptors (Lipinski definition) is 4. The largest absolute Gasteiger partial charge is 0.342 e. The number of hydrogen-bond donors (Lipinski definition) is 0. The molecule has 1 aromatic heterocycles. The van der Waals surface area contributed by atoms with Crippen molar-refractivity contribution in [2.24, 2.45) is 13.0 Å². The second-order valence-corrected chi connectivity index (χ2v) is 7.83. The predicted octanol–water partition coefficient (Wildman–Crippen LogP) is 1.23. The lowest BCUT2D eigenvalue weighted by molar-refractivity contribution is -0.128. The lowest BCUT2D eigenvalue weighted by Gasteiger charge is -2.30. The van der Waals surface area contributed by atoms with Gasteiger partial charge in [0, 0.05) is 65.5 Å². The van der Waals surface area contributed by atoms with Crippen molar-refractivity contribution >= 4 is 5.91 Å². The van der Waals surface area contributed by atoms with Gasteiger partial charge in [-0.25, -0.2) is 0 Å². The Morgan fingerprint density at radius 3 is 2.80 bits per heavy atom. The Kier molecular flexibility index (Phi) is 6.12. The van der Waals surface area contributed by atoms with Crippen molar-refractivity contribution in [2.75, 3.05) is 45.8 Å². The molecule has 0 spiro atoms. The van der Waals surface area contributed by atoms with Gasteiger partial charge in [-0.3, -0.25) is 14.4 Å². The Hall–Kier alpha value is -1.40. The summed E-state index contributed by atoms with van der Waals surface area (Å²) in [4.78, 5) is 18.9. The van der Waals surface area contributed by atoms with Gasteiger partial charge >= 0.3 is 0 Å². The fourth-order valence-electron chi connectivity index (χ4n) is 4.40. The standard InChI is InChI=1S/C19H33N5O/c1-16-13-22(7-4-6-18-12-20-21(3)14-18)15-19(16)24-9-5-8-23(10-11-24)17(2)25/h12,14,16,19H,4-11,13,15H2,1-3H3. The molecule has 0 saturated carbocycles. The van der Waals surface area contributed by atoms with E-state index in [0.717, 1.165) is 39.0 Å². The summed E-state index contributed by atoms with van der Waals surface area (Å²) in [7, 11) is 1.98. The van der Waals surface area contributed by atoms with E-state index < -0.39 is 0 Å². The Morgan fingerprint density at radius 1 is 1.24 bits per heavy atom. The first kappa shape index (κ1) is 18.4. The number of nitrogens with zero attached hydrogens (tertiary/aromatic N) is 5. The zero-order valence-corrected chi connectivity index (χ0v) is 16.0. The van der Waals surface area contributed by atoms with Crippen LogP contribution < -0.4 is 0 Å². The minimum absolute atomic E-state index is 0.221. The van der Waals surface area contributed by atoms with Crippen molar-refractivity contribution in [3.8, 4) is 0 Å². The van der Waals surface area contributed by atoms with E-state index in [9.17, 15) is 4.79 Å². The highest BCUT2D eigenvalue weighted by Crippen LogP contribution is 2.23. The van der Waals surface area contributed by atoms with Crippen LogP contribution in [0.5, 0.6) is 0 Å². The Bertz CT molecular complexity index is 572. The van der Waals surface area contributed by atoms with Crippen LogP contribution in [0.4, 0.5) is 0 Å². The zero-order valence-electron chi connectivity index (χ0n) is 16.0. The molecular weight excluding hydrogens is 314 g/mol. The summed E-state index contributed by atoms with van der Waals surface area (Å²) in [5, 5.41) is 4.25. The second kappa shape index (κ2) is 8.32. The highest BCUT2D eigenvalue weighted by atomic mass is 16.2. The van der Waals surface area contributed by atoms with Crippen molar-refractivity contribution in [3.63, 3.8) is 0 Å². The smallest absolute Gasteiger partial charge is 0.219 e. The van der Waals surface area contributed by atoms with Gasteiger partial charge in [-0.2, -0.15) is 5.10 Å². The van der Waals surface area contributed by atoms with Gasteiger partial charge in [-0.05, 0) is 37.3 Å². The van der Waals surface area contributed by atoms with E-state index in [-0.39, 0.29) is 5.91 Å². The summed E-state index contributed by atoms with van der Waals surface area (Å²) in [5.74, 6) is 0.931. The number of likely N-dealkylation sites (tertiary alicyclic amines) is 1. The van der Waals surface area contributed by atoms with Crippen LogP contribution in [0, 0.1) is 5.92 Å². The van der Waals surface area contributed by atoms with Gasteiger partial charge < -0.3 is 9.80 Å². The molecular formula is C19H33N5O. The van der Waals surface area contributed by atoms with Crippen molar-refractivity contribution in [2.45, 2.75) is 39.2 Å². The maximum absolute atomic E-state index is 11.6. The SMILES string of the molecule is CC(=O)N1CCCN(C2CN(CCCc3cnn(C)c3)CC2C)CC1. The summed E-state index contributed by atoms with van der Waals surface area (Å²) in [6.45, 7) is 11.6. The van der Waals surface area contributed by atoms with Gasteiger partial charge in [-0.1, -0.05) is 6.92 Å². The molecule has 0 bridgehead atoms. The molecule has 2 aliphatic heterocycles. The maximum Gasteiger partial charge on any atom is 0.219 e. The summed E-state index contributed by atoms with van der Waals surface area (Å²) < 4.78 is 1.88. The summed E-state index contributed by atoms with van der Waals surface area (Å²) in [5.41, 5.74) is 1.34. The predicted molar refractivity (Wildman–Crippen MR) is 99.4 cm³/mol. The minimum atomic E-state index is 0.221.